The highest BCUT2D eigenvalue weighted by Gasteiger charge is 2.21. The van der Waals surface area contributed by atoms with Gasteiger partial charge < -0.3 is 5.32 Å². The lowest BCUT2D eigenvalue weighted by Crippen LogP contribution is -2.43. The fourth-order valence-corrected chi connectivity index (χ4v) is 3.25. The highest BCUT2D eigenvalue weighted by Crippen LogP contribution is 2.22. The molecule has 0 spiro atoms. The van der Waals surface area contributed by atoms with Gasteiger partial charge in [0.25, 0.3) is 0 Å². The summed E-state index contributed by atoms with van der Waals surface area (Å²) in [5.41, 5.74) is 1.04. The zero-order valence-corrected chi connectivity index (χ0v) is 13.5. The minimum Gasteiger partial charge on any atom is -0.351 e. The standard InChI is InChI=1S/C17H25ClN2O/c1-2-20(16-9-4-3-5-10-16)13-17(21)19-12-14-7-6-8-15(18)11-14/h6-8,11,16H,2-5,9-10,12-13H2,1H3,(H,19,21). The molecular formula is C17H25ClN2O. The van der Waals surface area contributed by atoms with Gasteiger partial charge in [-0.3, -0.25) is 9.69 Å². The summed E-state index contributed by atoms with van der Waals surface area (Å²) in [5.74, 6) is 0.0994. The Kier molecular flexibility index (Phi) is 6.52. The minimum absolute atomic E-state index is 0.0994. The molecule has 1 fully saturated rings. The molecule has 4 heteroatoms. The van der Waals surface area contributed by atoms with E-state index in [0.29, 0.717) is 24.2 Å². The van der Waals surface area contributed by atoms with Crippen molar-refractivity contribution in [2.45, 2.75) is 51.6 Å². The summed E-state index contributed by atoms with van der Waals surface area (Å²) < 4.78 is 0. The number of hydrogen-bond donors (Lipinski definition) is 1. The Morgan fingerprint density at radius 2 is 2.10 bits per heavy atom. The van der Waals surface area contributed by atoms with E-state index in [-0.39, 0.29) is 5.91 Å². The first kappa shape index (κ1) is 16.3. The summed E-state index contributed by atoms with van der Waals surface area (Å²) in [7, 11) is 0. The summed E-state index contributed by atoms with van der Waals surface area (Å²) >= 11 is 5.95. The van der Waals surface area contributed by atoms with E-state index in [1.165, 1.54) is 32.1 Å². The van der Waals surface area contributed by atoms with Crippen molar-refractivity contribution in [2.75, 3.05) is 13.1 Å². The molecule has 1 aliphatic rings. The monoisotopic (exact) mass is 308 g/mol. The molecule has 0 atom stereocenters. The number of benzene rings is 1. The molecular weight excluding hydrogens is 284 g/mol. The quantitative estimate of drug-likeness (QED) is 0.870. The van der Waals surface area contributed by atoms with Crippen LogP contribution in [0.25, 0.3) is 0 Å². The predicted octanol–water partition coefficient (Wildman–Crippen LogP) is 3.61. The van der Waals surface area contributed by atoms with Crippen LogP contribution < -0.4 is 5.32 Å². The first-order valence-corrected chi connectivity index (χ1v) is 8.32. The summed E-state index contributed by atoms with van der Waals surface area (Å²) in [4.78, 5) is 14.4. The number of likely N-dealkylation sites (N-methyl/N-ethyl adjacent to an activating group) is 1. The van der Waals surface area contributed by atoms with Crippen LogP contribution in [-0.2, 0) is 11.3 Å². The fourth-order valence-electron chi connectivity index (χ4n) is 3.03. The second-order valence-corrected chi connectivity index (χ2v) is 6.20. The van der Waals surface area contributed by atoms with Crippen LogP contribution in [0.1, 0.15) is 44.6 Å². The maximum Gasteiger partial charge on any atom is 0.234 e. The maximum atomic E-state index is 12.1. The average Bonchev–Trinajstić information content (AvgIpc) is 2.51. The average molecular weight is 309 g/mol. The van der Waals surface area contributed by atoms with E-state index in [4.69, 9.17) is 11.6 Å². The van der Waals surface area contributed by atoms with Gasteiger partial charge in [0.2, 0.25) is 5.91 Å². The van der Waals surface area contributed by atoms with E-state index in [0.717, 1.165) is 12.1 Å². The molecule has 1 N–H and O–H groups in total. The van der Waals surface area contributed by atoms with Gasteiger partial charge in [0.05, 0.1) is 6.54 Å². The third-order valence-corrected chi connectivity index (χ3v) is 4.46. The summed E-state index contributed by atoms with van der Waals surface area (Å²) in [6.45, 7) is 4.12. The number of carbonyl (C=O) groups excluding carboxylic acids is 1. The van der Waals surface area contributed by atoms with Crippen molar-refractivity contribution >= 4 is 17.5 Å². The van der Waals surface area contributed by atoms with Crippen LogP contribution in [0.2, 0.25) is 5.02 Å². The summed E-state index contributed by atoms with van der Waals surface area (Å²) in [6, 6.07) is 8.20. The Morgan fingerprint density at radius 1 is 1.33 bits per heavy atom. The van der Waals surface area contributed by atoms with Gasteiger partial charge in [0.15, 0.2) is 0 Å². The van der Waals surface area contributed by atoms with Gasteiger partial charge in [-0.05, 0) is 37.1 Å². The number of rotatable bonds is 6. The number of carbonyl (C=O) groups is 1. The van der Waals surface area contributed by atoms with Crippen molar-refractivity contribution < 1.29 is 4.79 Å². The molecule has 116 valence electrons. The normalized spacial score (nSPS) is 16.1. The molecule has 0 heterocycles. The van der Waals surface area contributed by atoms with Crippen molar-refractivity contribution in [1.82, 2.24) is 10.2 Å². The Labute approximate surface area is 132 Å². The van der Waals surface area contributed by atoms with Crippen LogP contribution in [0.5, 0.6) is 0 Å². The minimum atomic E-state index is 0.0994. The molecule has 1 aromatic carbocycles. The highest BCUT2D eigenvalue weighted by molar-refractivity contribution is 6.30. The largest absolute Gasteiger partial charge is 0.351 e. The number of nitrogens with one attached hydrogen (secondary N) is 1. The van der Waals surface area contributed by atoms with Crippen LogP contribution in [0.15, 0.2) is 24.3 Å². The number of amides is 1. The lowest BCUT2D eigenvalue weighted by molar-refractivity contribution is -0.123. The molecule has 1 aliphatic carbocycles. The summed E-state index contributed by atoms with van der Waals surface area (Å²) in [5, 5.41) is 3.70. The molecule has 2 rings (SSSR count). The van der Waals surface area contributed by atoms with Crippen molar-refractivity contribution in [2.24, 2.45) is 0 Å². The topological polar surface area (TPSA) is 32.3 Å². The number of halogens is 1. The van der Waals surface area contributed by atoms with Gasteiger partial charge in [-0.15, -0.1) is 0 Å². The van der Waals surface area contributed by atoms with Crippen LogP contribution in [0, 0.1) is 0 Å². The predicted molar refractivity (Wildman–Crippen MR) is 87.4 cm³/mol. The second-order valence-electron chi connectivity index (χ2n) is 5.76. The van der Waals surface area contributed by atoms with Gasteiger partial charge in [-0.2, -0.15) is 0 Å². The third-order valence-electron chi connectivity index (χ3n) is 4.22. The Morgan fingerprint density at radius 3 is 2.76 bits per heavy atom. The Hall–Kier alpha value is -1.06. The summed E-state index contributed by atoms with van der Waals surface area (Å²) in [6.07, 6.45) is 6.40. The third kappa shape index (κ3) is 5.33. The van der Waals surface area contributed by atoms with Gasteiger partial charge in [0.1, 0.15) is 0 Å². The molecule has 21 heavy (non-hydrogen) atoms. The highest BCUT2D eigenvalue weighted by atomic mass is 35.5. The molecule has 1 amide bonds. The smallest absolute Gasteiger partial charge is 0.234 e. The molecule has 3 nitrogen and oxygen atoms in total. The fraction of sp³-hybridized carbons (Fsp3) is 0.588. The number of nitrogens with zero attached hydrogens (tertiary/aromatic N) is 1. The maximum absolute atomic E-state index is 12.1. The molecule has 0 unspecified atom stereocenters. The SMILES string of the molecule is CCN(CC(=O)NCc1cccc(Cl)c1)C1CCCCC1. The van der Waals surface area contributed by atoms with E-state index in [9.17, 15) is 4.79 Å². The lowest BCUT2D eigenvalue weighted by Gasteiger charge is -2.32. The molecule has 0 bridgehead atoms. The number of hydrogen-bond acceptors (Lipinski definition) is 2. The van der Waals surface area contributed by atoms with Gasteiger partial charge in [0, 0.05) is 17.6 Å². The molecule has 0 radical (unpaired) electrons. The van der Waals surface area contributed by atoms with E-state index < -0.39 is 0 Å². The second kappa shape index (κ2) is 8.40. The Bertz CT molecular complexity index is 458. The van der Waals surface area contributed by atoms with Crippen LogP contribution in [0.3, 0.4) is 0 Å². The Balaban J connectivity index is 1.79. The first-order valence-electron chi connectivity index (χ1n) is 7.94. The zero-order chi connectivity index (χ0) is 15.1. The van der Waals surface area contributed by atoms with Crippen molar-refractivity contribution in [1.29, 1.82) is 0 Å². The molecule has 0 aliphatic heterocycles. The van der Waals surface area contributed by atoms with Crippen molar-refractivity contribution in [3.63, 3.8) is 0 Å². The van der Waals surface area contributed by atoms with Crippen molar-refractivity contribution in [3.05, 3.63) is 34.9 Å². The van der Waals surface area contributed by atoms with Gasteiger partial charge in [-0.1, -0.05) is 49.9 Å². The van der Waals surface area contributed by atoms with E-state index in [1.54, 1.807) is 0 Å². The van der Waals surface area contributed by atoms with Crippen molar-refractivity contribution in [3.8, 4) is 0 Å². The molecule has 0 saturated heterocycles. The lowest BCUT2D eigenvalue weighted by atomic mass is 9.94. The molecule has 1 aromatic rings. The van der Waals surface area contributed by atoms with E-state index >= 15 is 0 Å². The van der Waals surface area contributed by atoms with Gasteiger partial charge in [-0.25, -0.2) is 0 Å². The molecule has 0 aromatic heterocycles. The zero-order valence-electron chi connectivity index (χ0n) is 12.8. The van der Waals surface area contributed by atoms with E-state index in [1.807, 2.05) is 24.3 Å². The molecule has 1 saturated carbocycles. The van der Waals surface area contributed by atoms with Crippen LogP contribution in [-0.4, -0.2) is 29.9 Å². The van der Waals surface area contributed by atoms with E-state index in [2.05, 4.69) is 17.1 Å². The van der Waals surface area contributed by atoms with Gasteiger partial charge >= 0.3 is 0 Å². The van der Waals surface area contributed by atoms with Crippen LogP contribution >= 0.6 is 11.6 Å². The van der Waals surface area contributed by atoms with Crippen LogP contribution in [0.4, 0.5) is 0 Å². The first-order chi connectivity index (χ1) is 10.2.